The SMILES string of the molecule is CCCCOCC(C)OCC(C)OC(=O)c1ccc(Cl)cc1. The fourth-order valence-corrected chi connectivity index (χ4v) is 1.84. The molecule has 0 saturated heterocycles. The Kier molecular flexibility index (Phi) is 9.13. The summed E-state index contributed by atoms with van der Waals surface area (Å²) in [5.74, 6) is -0.375. The van der Waals surface area contributed by atoms with Gasteiger partial charge in [0.25, 0.3) is 0 Å². The van der Waals surface area contributed by atoms with Crippen LogP contribution >= 0.6 is 11.6 Å². The van der Waals surface area contributed by atoms with Gasteiger partial charge in [-0.2, -0.15) is 0 Å². The molecule has 0 amide bonds. The molecule has 4 nitrogen and oxygen atoms in total. The minimum atomic E-state index is -0.375. The molecule has 0 saturated carbocycles. The lowest BCUT2D eigenvalue weighted by molar-refractivity contribution is -0.0455. The number of carbonyl (C=O) groups excluding carboxylic acids is 1. The molecule has 0 N–H and O–H groups in total. The summed E-state index contributed by atoms with van der Waals surface area (Å²) in [6.45, 7) is 7.53. The minimum absolute atomic E-state index is 0.0199. The summed E-state index contributed by atoms with van der Waals surface area (Å²) in [4.78, 5) is 11.9. The average Bonchev–Trinajstić information content (AvgIpc) is 2.50. The van der Waals surface area contributed by atoms with Gasteiger partial charge in [-0.1, -0.05) is 24.9 Å². The van der Waals surface area contributed by atoms with E-state index < -0.39 is 0 Å². The van der Waals surface area contributed by atoms with Crippen LogP contribution in [-0.4, -0.2) is 38.0 Å². The number of unbranched alkanes of at least 4 members (excludes halogenated alkanes) is 1. The molecule has 2 unspecified atom stereocenters. The van der Waals surface area contributed by atoms with Crippen molar-refractivity contribution >= 4 is 17.6 Å². The number of hydrogen-bond donors (Lipinski definition) is 0. The third-order valence-electron chi connectivity index (χ3n) is 3.00. The molecule has 0 aromatic heterocycles. The van der Waals surface area contributed by atoms with E-state index in [4.69, 9.17) is 25.8 Å². The van der Waals surface area contributed by atoms with Gasteiger partial charge in [-0.15, -0.1) is 0 Å². The van der Waals surface area contributed by atoms with Crippen LogP contribution in [0.3, 0.4) is 0 Å². The molecule has 5 heteroatoms. The largest absolute Gasteiger partial charge is 0.457 e. The summed E-state index contributed by atoms with van der Waals surface area (Å²) in [5.41, 5.74) is 0.479. The van der Waals surface area contributed by atoms with E-state index in [9.17, 15) is 4.79 Å². The zero-order valence-electron chi connectivity index (χ0n) is 13.5. The molecule has 0 heterocycles. The Balaban J connectivity index is 2.23. The first-order valence-electron chi connectivity index (χ1n) is 7.68. The van der Waals surface area contributed by atoms with Crippen molar-refractivity contribution in [2.24, 2.45) is 0 Å². The van der Waals surface area contributed by atoms with E-state index in [-0.39, 0.29) is 18.2 Å². The van der Waals surface area contributed by atoms with E-state index in [2.05, 4.69) is 6.92 Å². The Hall–Kier alpha value is -1.10. The molecule has 22 heavy (non-hydrogen) atoms. The second-order valence-corrected chi connectivity index (χ2v) is 5.73. The summed E-state index contributed by atoms with van der Waals surface area (Å²) in [7, 11) is 0. The second kappa shape index (κ2) is 10.6. The van der Waals surface area contributed by atoms with Gasteiger partial charge in [0.1, 0.15) is 6.10 Å². The quantitative estimate of drug-likeness (QED) is 0.479. The number of rotatable bonds is 10. The third kappa shape index (κ3) is 7.78. The van der Waals surface area contributed by atoms with Gasteiger partial charge in [-0.05, 0) is 44.5 Å². The van der Waals surface area contributed by atoms with Crippen LogP contribution in [0.25, 0.3) is 0 Å². The van der Waals surface area contributed by atoms with Crippen LogP contribution in [-0.2, 0) is 14.2 Å². The van der Waals surface area contributed by atoms with Gasteiger partial charge in [-0.25, -0.2) is 4.79 Å². The molecule has 0 aliphatic heterocycles. The van der Waals surface area contributed by atoms with Crippen molar-refractivity contribution in [3.05, 3.63) is 34.9 Å². The Morgan fingerprint density at radius 1 is 1.14 bits per heavy atom. The Bertz CT molecular complexity index is 433. The fraction of sp³-hybridized carbons (Fsp3) is 0.588. The lowest BCUT2D eigenvalue weighted by atomic mass is 10.2. The Morgan fingerprint density at radius 2 is 1.82 bits per heavy atom. The molecule has 1 aromatic rings. The van der Waals surface area contributed by atoms with E-state index in [1.54, 1.807) is 31.2 Å². The Labute approximate surface area is 137 Å². The zero-order chi connectivity index (χ0) is 16.4. The van der Waals surface area contributed by atoms with Crippen LogP contribution in [0.2, 0.25) is 5.02 Å². The molecule has 2 atom stereocenters. The van der Waals surface area contributed by atoms with Crippen molar-refractivity contribution in [1.29, 1.82) is 0 Å². The van der Waals surface area contributed by atoms with Gasteiger partial charge in [0, 0.05) is 11.6 Å². The maximum Gasteiger partial charge on any atom is 0.338 e. The van der Waals surface area contributed by atoms with E-state index in [0.717, 1.165) is 19.4 Å². The maximum atomic E-state index is 11.9. The highest BCUT2D eigenvalue weighted by molar-refractivity contribution is 6.30. The number of ether oxygens (including phenoxy) is 3. The number of hydrogen-bond acceptors (Lipinski definition) is 4. The van der Waals surface area contributed by atoms with Crippen molar-refractivity contribution in [3.8, 4) is 0 Å². The monoisotopic (exact) mass is 328 g/mol. The van der Waals surface area contributed by atoms with E-state index >= 15 is 0 Å². The summed E-state index contributed by atoms with van der Waals surface area (Å²) in [6.07, 6.45) is 1.84. The molecule has 124 valence electrons. The molecule has 1 aromatic carbocycles. The fourth-order valence-electron chi connectivity index (χ4n) is 1.71. The van der Waals surface area contributed by atoms with Crippen LogP contribution in [0.5, 0.6) is 0 Å². The highest BCUT2D eigenvalue weighted by Crippen LogP contribution is 2.11. The van der Waals surface area contributed by atoms with E-state index in [0.29, 0.717) is 23.8 Å². The average molecular weight is 329 g/mol. The highest BCUT2D eigenvalue weighted by Gasteiger charge is 2.13. The van der Waals surface area contributed by atoms with Gasteiger partial charge in [0.05, 0.1) is 24.9 Å². The number of halogens is 1. The molecule has 0 fully saturated rings. The number of esters is 1. The predicted octanol–water partition coefficient (Wildman–Crippen LogP) is 4.11. The summed E-state index contributed by atoms with van der Waals surface area (Å²) in [5, 5.41) is 0.588. The van der Waals surface area contributed by atoms with Crippen LogP contribution in [0.4, 0.5) is 0 Å². The van der Waals surface area contributed by atoms with Crippen molar-refractivity contribution in [2.45, 2.75) is 45.8 Å². The number of benzene rings is 1. The van der Waals surface area contributed by atoms with Crippen molar-refractivity contribution in [3.63, 3.8) is 0 Å². The molecule has 0 bridgehead atoms. The lowest BCUT2D eigenvalue weighted by Gasteiger charge is -2.18. The van der Waals surface area contributed by atoms with Gasteiger partial charge in [-0.3, -0.25) is 0 Å². The van der Waals surface area contributed by atoms with Crippen LogP contribution in [0, 0.1) is 0 Å². The highest BCUT2D eigenvalue weighted by atomic mass is 35.5. The first-order valence-corrected chi connectivity index (χ1v) is 8.06. The van der Waals surface area contributed by atoms with Crippen LogP contribution in [0.1, 0.15) is 44.0 Å². The second-order valence-electron chi connectivity index (χ2n) is 5.30. The standard InChI is InChI=1S/C17H25ClO4/c1-4-5-10-20-11-13(2)21-12-14(3)22-17(19)15-6-8-16(18)9-7-15/h6-9,13-14H,4-5,10-12H2,1-3H3. The van der Waals surface area contributed by atoms with Crippen LogP contribution < -0.4 is 0 Å². The topological polar surface area (TPSA) is 44.8 Å². The van der Waals surface area contributed by atoms with Crippen molar-refractivity contribution < 1.29 is 19.0 Å². The zero-order valence-corrected chi connectivity index (χ0v) is 14.3. The molecule has 0 radical (unpaired) electrons. The lowest BCUT2D eigenvalue weighted by Crippen LogP contribution is -2.25. The first-order chi connectivity index (χ1) is 10.5. The summed E-state index contributed by atoms with van der Waals surface area (Å²) in [6, 6.07) is 6.61. The Morgan fingerprint density at radius 3 is 2.45 bits per heavy atom. The maximum absolute atomic E-state index is 11.9. The molecule has 0 spiro atoms. The van der Waals surface area contributed by atoms with Crippen molar-refractivity contribution in [1.82, 2.24) is 0 Å². The summed E-state index contributed by atoms with van der Waals surface area (Å²) >= 11 is 5.78. The minimum Gasteiger partial charge on any atom is -0.457 e. The molecule has 0 aliphatic rings. The normalized spacial score (nSPS) is 13.6. The van der Waals surface area contributed by atoms with Gasteiger partial charge in [0.15, 0.2) is 0 Å². The molecular formula is C17H25ClO4. The first kappa shape index (κ1) is 18.9. The van der Waals surface area contributed by atoms with E-state index in [1.165, 1.54) is 0 Å². The van der Waals surface area contributed by atoms with Gasteiger partial charge >= 0.3 is 5.97 Å². The molecule has 0 aliphatic carbocycles. The van der Waals surface area contributed by atoms with Crippen molar-refractivity contribution in [2.75, 3.05) is 19.8 Å². The number of carbonyl (C=O) groups is 1. The smallest absolute Gasteiger partial charge is 0.338 e. The van der Waals surface area contributed by atoms with E-state index in [1.807, 2.05) is 6.92 Å². The third-order valence-corrected chi connectivity index (χ3v) is 3.25. The van der Waals surface area contributed by atoms with Gasteiger partial charge in [0.2, 0.25) is 0 Å². The molecular weight excluding hydrogens is 304 g/mol. The van der Waals surface area contributed by atoms with Gasteiger partial charge < -0.3 is 14.2 Å². The molecule has 1 rings (SSSR count). The predicted molar refractivity (Wildman–Crippen MR) is 87.5 cm³/mol. The van der Waals surface area contributed by atoms with Crippen LogP contribution in [0.15, 0.2) is 24.3 Å². The summed E-state index contributed by atoms with van der Waals surface area (Å²) < 4.78 is 16.4.